The second-order valence-corrected chi connectivity index (χ2v) is 7.00. The van der Waals surface area contributed by atoms with Crippen molar-refractivity contribution >= 4 is 17.4 Å². The molecular formula is C18H24ClN3O2. The van der Waals surface area contributed by atoms with Gasteiger partial charge < -0.3 is 14.8 Å². The van der Waals surface area contributed by atoms with Crippen LogP contribution in [0.3, 0.4) is 0 Å². The summed E-state index contributed by atoms with van der Waals surface area (Å²) in [4.78, 5) is 9.20. The summed E-state index contributed by atoms with van der Waals surface area (Å²) in [5.41, 5.74) is 1.67. The van der Waals surface area contributed by atoms with E-state index in [0.717, 1.165) is 28.6 Å². The molecule has 0 radical (unpaired) electrons. The van der Waals surface area contributed by atoms with Crippen LogP contribution in [0.1, 0.15) is 37.9 Å². The number of nitrogens with one attached hydrogen (secondary N) is 1. The number of anilines is 1. The van der Waals surface area contributed by atoms with Crippen LogP contribution in [0.5, 0.6) is 5.75 Å². The fourth-order valence-electron chi connectivity index (χ4n) is 2.22. The number of rotatable bonds is 6. The maximum absolute atomic E-state index is 6.08. The molecule has 0 aliphatic heterocycles. The Bertz CT molecular complexity index is 699. The van der Waals surface area contributed by atoms with Crippen LogP contribution in [0, 0.1) is 0 Å². The largest absolute Gasteiger partial charge is 0.496 e. The predicted molar refractivity (Wildman–Crippen MR) is 96.8 cm³/mol. The van der Waals surface area contributed by atoms with Crippen LogP contribution in [-0.4, -0.2) is 24.2 Å². The van der Waals surface area contributed by atoms with E-state index < -0.39 is 0 Å². The van der Waals surface area contributed by atoms with Crippen LogP contribution in [-0.2, 0) is 23.3 Å². The molecule has 0 atom stereocenters. The first-order valence-corrected chi connectivity index (χ1v) is 8.15. The second-order valence-electron chi connectivity index (χ2n) is 6.56. The van der Waals surface area contributed by atoms with Crippen LogP contribution in [0.4, 0.5) is 5.82 Å². The molecule has 24 heavy (non-hydrogen) atoms. The van der Waals surface area contributed by atoms with E-state index >= 15 is 0 Å². The van der Waals surface area contributed by atoms with Crippen LogP contribution in [0.2, 0.25) is 5.02 Å². The summed E-state index contributed by atoms with van der Waals surface area (Å²) in [6.07, 6.45) is 0. The molecule has 0 fully saturated rings. The van der Waals surface area contributed by atoms with E-state index in [0.29, 0.717) is 18.2 Å². The van der Waals surface area contributed by atoms with Gasteiger partial charge in [0.2, 0.25) is 0 Å². The van der Waals surface area contributed by atoms with Gasteiger partial charge in [0.25, 0.3) is 0 Å². The molecule has 1 N–H and O–H groups in total. The lowest BCUT2D eigenvalue weighted by molar-refractivity contribution is 0.181. The molecule has 2 rings (SSSR count). The average Bonchev–Trinajstić information content (AvgIpc) is 2.52. The number of aromatic nitrogens is 2. The molecule has 2 aromatic rings. The molecular weight excluding hydrogens is 326 g/mol. The van der Waals surface area contributed by atoms with Crippen LogP contribution >= 0.6 is 11.6 Å². The SMILES string of the molecule is COCc1cc(NCc2cc(Cl)ccc2OC)nc(C(C)(C)C)n1. The maximum Gasteiger partial charge on any atom is 0.136 e. The van der Waals surface area contributed by atoms with Gasteiger partial charge in [-0.25, -0.2) is 9.97 Å². The molecule has 0 amide bonds. The average molecular weight is 350 g/mol. The molecule has 5 nitrogen and oxygen atoms in total. The molecule has 0 spiro atoms. The van der Waals surface area contributed by atoms with E-state index in [1.807, 2.05) is 24.3 Å². The Morgan fingerprint density at radius 1 is 1.12 bits per heavy atom. The lowest BCUT2D eigenvalue weighted by Gasteiger charge is -2.19. The minimum absolute atomic E-state index is 0.145. The quantitative estimate of drug-likeness (QED) is 0.847. The van der Waals surface area contributed by atoms with E-state index in [1.54, 1.807) is 14.2 Å². The third-order valence-electron chi connectivity index (χ3n) is 3.44. The zero-order valence-electron chi connectivity index (χ0n) is 14.8. The van der Waals surface area contributed by atoms with E-state index in [9.17, 15) is 0 Å². The molecule has 0 saturated carbocycles. The van der Waals surface area contributed by atoms with Crippen molar-refractivity contribution in [3.63, 3.8) is 0 Å². The first kappa shape index (κ1) is 18.5. The van der Waals surface area contributed by atoms with Gasteiger partial charge >= 0.3 is 0 Å². The number of hydrogen-bond donors (Lipinski definition) is 1. The summed E-state index contributed by atoms with van der Waals surface area (Å²) in [5, 5.41) is 4.00. The van der Waals surface area contributed by atoms with Gasteiger partial charge in [-0.05, 0) is 18.2 Å². The molecule has 0 aliphatic carbocycles. The third kappa shape index (κ3) is 4.82. The highest BCUT2D eigenvalue weighted by Gasteiger charge is 2.19. The van der Waals surface area contributed by atoms with Crippen molar-refractivity contribution in [3.8, 4) is 5.75 Å². The molecule has 0 saturated heterocycles. The Labute approximate surface area is 148 Å². The highest BCUT2D eigenvalue weighted by atomic mass is 35.5. The molecule has 1 heterocycles. The van der Waals surface area contributed by atoms with Gasteiger partial charge in [-0.1, -0.05) is 32.4 Å². The first-order chi connectivity index (χ1) is 11.3. The zero-order chi connectivity index (χ0) is 17.7. The Morgan fingerprint density at radius 2 is 1.88 bits per heavy atom. The van der Waals surface area contributed by atoms with Gasteiger partial charge in [0.05, 0.1) is 19.4 Å². The van der Waals surface area contributed by atoms with Gasteiger partial charge in [0, 0.05) is 35.7 Å². The van der Waals surface area contributed by atoms with Gasteiger partial charge in [-0.2, -0.15) is 0 Å². The number of halogens is 1. The molecule has 0 aliphatic rings. The summed E-state index contributed by atoms with van der Waals surface area (Å²) < 4.78 is 10.6. The maximum atomic E-state index is 6.08. The Morgan fingerprint density at radius 3 is 2.50 bits per heavy atom. The summed E-state index contributed by atoms with van der Waals surface area (Å²) in [6.45, 7) is 7.26. The zero-order valence-corrected chi connectivity index (χ0v) is 15.6. The summed E-state index contributed by atoms with van der Waals surface area (Å²) >= 11 is 6.08. The topological polar surface area (TPSA) is 56.3 Å². The molecule has 1 aromatic carbocycles. The second kappa shape index (κ2) is 7.81. The lowest BCUT2D eigenvalue weighted by Crippen LogP contribution is -2.18. The van der Waals surface area contributed by atoms with Crippen molar-refractivity contribution < 1.29 is 9.47 Å². The highest BCUT2D eigenvalue weighted by Crippen LogP contribution is 2.25. The van der Waals surface area contributed by atoms with Crippen molar-refractivity contribution in [1.29, 1.82) is 0 Å². The van der Waals surface area contributed by atoms with Gasteiger partial charge in [-0.3, -0.25) is 0 Å². The van der Waals surface area contributed by atoms with E-state index in [4.69, 9.17) is 21.1 Å². The molecule has 0 bridgehead atoms. The standard InChI is InChI=1S/C18H24ClN3O2/c1-18(2,3)17-21-14(11-23-4)9-16(22-17)20-10-12-8-13(19)6-7-15(12)24-5/h6-9H,10-11H2,1-5H3,(H,20,21,22). The van der Waals surface area contributed by atoms with Crippen LogP contribution in [0.15, 0.2) is 24.3 Å². The molecule has 130 valence electrons. The van der Waals surface area contributed by atoms with Crippen molar-refractivity contribution in [3.05, 3.63) is 46.4 Å². The van der Waals surface area contributed by atoms with Crippen LogP contribution in [0.25, 0.3) is 0 Å². The van der Waals surface area contributed by atoms with Gasteiger partial charge in [-0.15, -0.1) is 0 Å². The van der Waals surface area contributed by atoms with Crippen molar-refractivity contribution in [1.82, 2.24) is 9.97 Å². The first-order valence-electron chi connectivity index (χ1n) is 7.77. The van der Waals surface area contributed by atoms with E-state index in [-0.39, 0.29) is 5.41 Å². The summed E-state index contributed by atoms with van der Waals surface area (Å²) in [6, 6.07) is 7.45. The fourth-order valence-corrected chi connectivity index (χ4v) is 2.41. The highest BCUT2D eigenvalue weighted by molar-refractivity contribution is 6.30. The minimum atomic E-state index is -0.145. The normalized spacial score (nSPS) is 11.4. The number of hydrogen-bond acceptors (Lipinski definition) is 5. The minimum Gasteiger partial charge on any atom is -0.496 e. The third-order valence-corrected chi connectivity index (χ3v) is 3.68. The van der Waals surface area contributed by atoms with Crippen molar-refractivity contribution in [2.45, 2.75) is 39.3 Å². The number of benzene rings is 1. The molecule has 1 aromatic heterocycles. The Balaban J connectivity index is 2.26. The monoisotopic (exact) mass is 349 g/mol. The predicted octanol–water partition coefficient (Wildman–Crippen LogP) is 4.19. The summed E-state index contributed by atoms with van der Waals surface area (Å²) in [7, 11) is 3.30. The fraction of sp³-hybridized carbons (Fsp3) is 0.444. The smallest absolute Gasteiger partial charge is 0.136 e. The van der Waals surface area contributed by atoms with E-state index in [1.165, 1.54) is 0 Å². The molecule has 0 unspecified atom stereocenters. The molecule has 6 heteroatoms. The number of nitrogens with zero attached hydrogens (tertiary/aromatic N) is 2. The van der Waals surface area contributed by atoms with Crippen molar-refractivity contribution in [2.75, 3.05) is 19.5 Å². The lowest BCUT2D eigenvalue weighted by atomic mass is 9.95. The Kier molecular flexibility index (Phi) is 6.02. The van der Waals surface area contributed by atoms with Gasteiger partial charge in [0.15, 0.2) is 0 Å². The van der Waals surface area contributed by atoms with E-state index in [2.05, 4.69) is 36.1 Å². The number of ether oxygens (including phenoxy) is 2. The van der Waals surface area contributed by atoms with Gasteiger partial charge in [0.1, 0.15) is 17.4 Å². The number of methoxy groups -OCH3 is 2. The van der Waals surface area contributed by atoms with Crippen molar-refractivity contribution in [2.24, 2.45) is 0 Å². The Hall–Kier alpha value is -1.85. The van der Waals surface area contributed by atoms with Crippen LogP contribution < -0.4 is 10.1 Å². The summed E-state index contributed by atoms with van der Waals surface area (Å²) in [5.74, 6) is 2.32.